The van der Waals surface area contributed by atoms with Gasteiger partial charge >= 0.3 is 0 Å². The van der Waals surface area contributed by atoms with Gasteiger partial charge in [0.25, 0.3) is 0 Å². The van der Waals surface area contributed by atoms with Gasteiger partial charge in [0.1, 0.15) is 6.07 Å². The van der Waals surface area contributed by atoms with Gasteiger partial charge in [-0.1, -0.05) is 18.2 Å². The minimum atomic E-state index is -3.76. The first kappa shape index (κ1) is 13.1. The van der Waals surface area contributed by atoms with Gasteiger partial charge < -0.3 is 4.57 Å². The van der Waals surface area contributed by atoms with Gasteiger partial charge in [-0.15, -0.1) is 0 Å². The fourth-order valence-electron chi connectivity index (χ4n) is 1.66. The number of hydrogen-bond donors (Lipinski definition) is 0. The molecule has 4 nitrogen and oxygen atoms in total. The van der Waals surface area contributed by atoms with Crippen molar-refractivity contribution in [2.75, 3.05) is 0 Å². The number of aryl methyl sites for hydroxylation is 1. The van der Waals surface area contributed by atoms with Crippen LogP contribution in [-0.4, -0.2) is 13.0 Å². The lowest BCUT2D eigenvalue weighted by Gasteiger charge is -2.03. The third kappa shape index (κ3) is 2.59. The standard InChI is InChI=1S/C14H12N2O2S/c1-16-9-5-6-12(16)10-14(11-15)19(17,18)13-7-3-2-4-8-13/h2-10H,1H3. The molecule has 0 saturated carbocycles. The van der Waals surface area contributed by atoms with Crippen LogP contribution in [0.15, 0.2) is 58.5 Å². The summed E-state index contributed by atoms with van der Waals surface area (Å²) < 4.78 is 26.3. The molecule has 96 valence electrons. The fourth-order valence-corrected chi connectivity index (χ4v) is 2.82. The van der Waals surface area contributed by atoms with Crippen molar-refractivity contribution < 1.29 is 8.42 Å². The van der Waals surface area contributed by atoms with E-state index in [0.717, 1.165) is 0 Å². The minimum absolute atomic E-state index is 0.122. The average molecular weight is 272 g/mol. The highest BCUT2D eigenvalue weighted by Gasteiger charge is 2.20. The summed E-state index contributed by atoms with van der Waals surface area (Å²) in [6.07, 6.45) is 3.16. The SMILES string of the molecule is Cn1cccc1C=C(C#N)S(=O)(=O)c1ccccc1. The molecule has 0 saturated heterocycles. The van der Waals surface area contributed by atoms with Crippen LogP contribution in [0.2, 0.25) is 0 Å². The van der Waals surface area contributed by atoms with Crippen molar-refractivity contribution in [1.29, 1.82) is 5.26 Å². The Bertz CT molecular complexity index is 750. The Kier molecular flexibility index (Phi) is 3.54. The van der Waals surface area contributed by atoms with Crippen LogP contribution in [0.3, 0.4) is 0 Å². The molecule has 1 heterocycles. The number of rotatable bonds is 3. The van der Waals surface area contributed by atoms with E-state index in [-0.39, 0.29) is 9.80 Å². The Morgan fingerprint density at radius 2 is 1.89 bits per heavy atom. The molecule has 5 heteroatoms. The first-order valence-electron chi connectivity index (χ1n) is 5.59. The summed E-state index contributed by atoms with van der Waals surface area (Å²) in [6.45, 7) is 0. The average Bonchev–Trinajstić information content (AvgIpc) is 2.82. The lowest BCUT2D eigenvalue weighted by Crippen LogP contribution is -2.04. The van der Waals surface area contributed by atoms with Gasteiger partial charge in [0.15, 0.2) is 4.91 Å². The maximum Gasteiger partial charge on any atom is 0.216 e. The summed E-state index contributed by atoms with van der Waals surface area (Å²) in [6, 6.07) is 13.2. The van der Waals surface area contributed by atoms with E-state index in [0.29, 0.717) is 5.69 Å². The zero-order chi connectivity index (χ0) is 13.9. The Morgan fingerprint density at radius 1 is 1.21 bits per heavy atom. The molecule has 19 heavy (non-hydrogen) atoms. The number of hydrogen-bond acceptors (Lipinski definition) is 3. The molecule has 2 aromatic rings. The highest BCUT2D eigenvalue weighted by atomic mass is 32.2. The lowest BCUT2D eigenvalue weighted by molar-refractivity contribution is 0.603. The zero-order valence-corrected chi connectivity index (χ0v) is 11.1. The summed E-state index contributed by atoms with van der Waals surface area (Å²) in [5.74, 6) is 0. The largest absolute Gasteiger partial charge is 0.351 e. The number of allylic oxidation sites excluding steroid dienone is 1. The second-order valence-electron chi connectivity index (χ2n) is 3.98. The smallest absolute Gasteiger partial charge is 0.216 e. The molecule has 0 spiro atoms. The molecule has 0 aliphatic carbocycles. The molecule has 0 atom stereocenters. The lowest BCUT2D eigenvalue weighted by atomic mass is 10.4. The molecule has 0 amide bonds. The molecule has 0 fully saturated rings. The Hall–Kier alpha value is -2.32. The van der Waals surface area contributed by atoms with Gasteiger partial charge in [0.2, 0.25) is 9.84 Å². The first-order chi connectivity index (χ1) is 9.05. The topological polar surface area (TPSA) is 62.9 Å². The van der Waals surface area contributed by atoms with E-state index in [1.54, 1.807) is 54.2 Å². The second kappa shape index (κ2) is 5.12. The van der Waals surface area contributed by atoms with Crippen LogP contribution >= 0.6 is 0 Å². The van der Waals surface area contributed by atoms with Crippen molar-refractivity contribution in [3.63, 3.8) is 0 Å². The van der Waals surface area contributed by atoms with Crippen molar-refractivity contribution in [2.24, 2.45) is 7.05 Å². The van der Waals surface area contributed by atoms with Crippen LogP contribution in [0.25, 0.3) is 6.08 Å². The van der Waals surface area contributed by atoms with Gasteiger partial charge in [0.05, 0.1) is 4.90 Å². The molecule has 2 rings (SSSR count). The van der Waals surface area contributed by atoms with Crippen LogP contribution in [0, 0.1) is 11.3 Å². The van der Waals surface area contributed by atoms with Crippen LogP contribution in [0.4, 0.5) is 0 Å². The van der Waals surface area contributed by atoms with Crippen LogP contribution < -0.4 is 0 Å². The van der Waals surface area contributed by atoms with Gasteiger partial charge in [0, 0.05) is 18.9 Å². The Morgan fingerprint density at radius 3 is 2.42 bits per heavy atom. The summed E-state index contributed by atoms with van der Waals surface area (Å²) in [7, 11) is -1.97. The molecule has 0 N–H and O–H groups in total. The molecular formula is C14H12N2O2S. The molecule has 0 bridgehead atoms. The summed E-state index contributed by atoms with van der Waals surface area (Å²) in [4.78, 5) is -0.141. The normalized spacial score (nSPS) is 12.1. The van der Waals surface area contributed by atoms with E-state index in [9.17, 15) is 8.42 Å². The molecule has 0 aliphatic heterocycles. The number of nitrogens with zero attached hydrogens (tertiary/aromatic N) is 2. The molecule has 0 aliphatic rings. The summed E-state index contributed by atoms with van der Waals surface area (Å²) >= 11 is 0. The van der Waals surface area contributed by atoms with E-state index in [1.165, 1.54) is 18.2 Å². The second-order valence-corrected chi connectivity index (χ2v) is 5.90. The highest BCUT2D eigenvalue weighted by molar-refractivity contribution is 7.95. The molecule has 1 aromatic heterocycles. The monoisotopic (exact) mass is 272 g/mol. The zero-order valence-electron chi connectivity index (χ0n) is 10.3. The Labute approximate surface area is 112 Å². The molecule has 0 unspecified atom stereocenters. The maximum atomic E-state index is 12.3. The van der Waals surface area contributed by atoms with Gasteiger partial charge in [-0.25, -0.2) is 8.42 Å². The third-order valence-electron chi connectivity index (χ3n) is 2.72. The van der Waals surface area contributed by atoms with Crippen LogP contribution in [0.5, 0.6) is 0 Å². The van der Waals surface area contributed by atoms with Gasteiger partial charge in [-0.2, -0.15) is 5.26 Å². The highest BCUT2D eigenvalue weighted by Crippen LogP contribution is 2.20. The predicted molar refractivity (Wildman–Crippen MR) is 72.6 cm³/mol. The quantitative estimate of drug-likeness (QED) is 0.806. The minimum Gasteiger partial charge on any atom is -0.351 e. The molecule has 0 radical (unpaired) electrons. The van der Waals surface area contributed by atoms with E-state index in [4.69, 9.17) is 5.26 Å². The van der Waals surface area contributed by atoms with Crippen molar-refractivity contribution >= 4 is 15.9 Å². The number of aromatic nitrogens is 1. The van der Waals surface area contributed by atoms with Crippen molar-refractivity contribution in [2.45, 2.75) is 4.90 Å². The third-order valence-corrected chi connectivity index (χ3v) is 4.40. The van der Waals surface area contributed by atoms with E-state index >= 15 is 0 Å². The summed E-state index contributed by atoms with van der Waals surface area (Å²) in [5.41, 5.74) is 0.663. The summed E-state index contributed by atoms with van der Waals surface area (Å²) in [5, 5.41) is 9.11. The van der Waals surface area contributed by atoms with Crippen LogP contribution in [0.1, 0.15) is 5.69 Å². The van der Waals surface area contributed by atoms with E-state index in [2.05, 4.69) is 0 Å². The van der Waals surface area contributed by atoms with Crippen molar-refractivity contribution in [3.8, 4) is 6.07 Å². The number of benzene rings is 1. The fraction of sp³-hybridized carbons (Fsp3) is 0.0714. The van der Waals surface area contributed by atoms with Crippen molar-refractivity contribution in [3.05, 3.63) is 59.3 Å². The number of nitriles is 1. The van der Waals surface area contributed by atoms with Crippen molar-refractivity contribution in [1.82, 2.24) is 4.57 Å². The van der Waals surface area contributed by atoms with E-state index in [1.807, 2.05) is 0 Å². The predicted octanol–water partition coefficient (Wildman–Crippen LogP) is 2.36. The number of sulfone groups is 1. The molecule has 1 aromatic carbocycles. The van der Waals surface area contributed by atoms with Crippen LogP contribution in [-0.2, 0) is 16.9 Å². The van der Waals surface area contributed by atoms with E-state index < -0.39 is 9.84 Å². The molecular weight excluding hydrogens is 260 g/mol. The maximum absolute atomic E-state index is 12.3. The van der Waals surface area contributed by atoms with Gasteiger partial charge in [-0.05, 0) is 30.3 Å². The van der Waals surface area contributed by atoms with Gasteiger partial charge in [-0.3, -0.25) is 0 Å². The first-order valence-corrected chi connectivity index (χ1v) is 7.07. The Balaban J connectivity index is 2.53.